The van der Waals surface area contributed by atoms with Crippen LogP contribution in [0.4, 0.5) is 0 Å². The highest BCUT2D eigenvalue weighted by atomic mass is 32.3. The van der Waals surface area contributed by atoms with Crippen LogP contribution >= 0.6 is 0 Å². The van der Waals surface area contributed by atoms with Crippen LogP contribution in [0.15, 0.2) is 48.5 Å². The molecular formula is C13H12O4S. The van der Waals surface area contributed by atoms with Crippen molar-refractivity contribution >= 4 is 10.4 Å². The molecule has 1 aliphatic rings. The zero-order chi connectivity index (χ0) is 13.2. The lowest BCUT2D eigenvalue weighted by Gasteiger charge is -1.98. The van der Waals surface area contributed by atoms with Crippen molar-refractivity contribution in [3.8, 4) is 11.1 Å². The molecule has 0 amide bonds. The minimum absolute atomic E-state index is 1.10. The topological polar surface area (TPSA) is 74.6 Å². The second-order valence-corrected chi connectivity index (χ2v) is 4.83. The normalized spacial score (nSPS) is 12.1. The first-order valence-corrected chi connectivity index (χ1v) is 6.71. The van der Waals surface area contributed by atoms with Gasteiger partial charge in [0, 0.05) is 0 Å². The van der Waals surface area contributed by atoms with Crippen molar-refractivity contribution < 1.29 is 17.5 Å². The first-order chi connectivity index (χ1) is 8.45. The molecule has 0 bridgehead atoms. The molecule has 3 rings (SSSR count). The van der Waals surface area contributed by atoms with Crippen molar-refractivity contribution in [1.82, 2.24) is 0 Å². The number of hydrogen-bond donors (Lipinski definition) is 2. The number of hydrogen-bond acceptors (Lipinski definition) is 2. The van der Waals surface area contributed by atoms with Crippen molar-refractivity contribution in [3.05, 3.63) is 59.7 Å². The first-order valence-electron chi connectivity index (χ1n) is 5.31. The van der Waals surface area contributed by atoms with E-state index >= 15 is 0 Å². The van der Waals surface area contributed by atoms with Gasteiger partial charge in [-0.3, -0.25) is 9.11 Å². The lowest BCUT2D eigenvalue weighted by atomic mass is 10.1. The van der Waals surface area contributed by atoms with Gasteiger partial charge in [0.05, 0.1) is 0 Å². The van der Waals surface area contributed by atoms with Crippen molar-refractivity contribution in [1.29, 1.82) is 0 Å². The first kappa shape index (κ1) is 12.8. The van der Waals surface area contributed by atoms with E-state index in [-0.39, 0.29) is 0 Å². The van der Waals surface area contributed by atoms with E-state index in [0.717, 1.165) is 6.42 Å². The standard InChI is InChI=1S/C13H10.H2O4S/c1-3-7-12-10(5-1)9-11-6-2-4-8-13(11)12;1-5(2,3)4/h1-8H,9H2;(H2,1,2,3,4). The van der Waals surface area contributed by atoms with E-state index < -0.39 is 10.4 Å². The molecular weight excluding hydrogens is 252 g/mol. The lowest BCUT2D eigenvalue weighted by Crippen LogP contribution is -1.89. The predicted octanol–water partition coefficient (Wildman–Crippen LogP) is 2.61. The summed E-state index contributed by atoms with van der Waals surface area (Å²) < 4.78 is 31.6. The van der Waals surface area contributed by atoms with Gasteiger partial charge in [-0.05, 0) is 28.7 Å². The maximum Gasteiger partial charge on any atom is 0.394 e. The Morgan fingerprint density at radius 3 is 1.50 bits per heavy atom. The third-order valence-corrected chi connectivity index (χ3v) is 2.71. The van der Waals surface area contributed by atoms with E-state index in [1.165, 1.54) is 22.3 Å². The van der Waals surface area contributed by atoms with Crippen molar-refractivity contribution in [2.24, 2.45) is 0 Å². The maximum absolute atomic E-state index is 8.74. The summed E-state index contributed by atoms with van der Waals surface area (Å²) in [7, 11) is -4.67. The van der Waals surface area contributed by atoms with Crippen LogP contribution in [0.1, 0.15) is 11.1 Å². The average Bonchev–Trinajstić information content (AvgIpc) is 2.65. The van der Waals surface area contributed by atoms with Gasteiger partial charge in [-0.1, -0.05) is 48.5 Å². The molecule has 0 radical (unpaired) electrons. The molecule has 0 unspecified atom stereocenters. The van der Waals surface area contributed by atoms with Crippen LogP contribution in [0.5, 0.6) is 0 Å². The van der Waals surface area contributed by atoms with E-state index in [0.29, 0.717) is 0 Å². The quantitative estimate of drug-likeness (QED) is 0.612. The molecule has 2 N–H and O–H groups in total. The van der Waals surface area contributed by atoms with Crippen LogP contribution in [0.25, 0.3) is 11.1 Å². The van der Waals surface area contributed by atoms with Crippen LogP contribution in [-0.4, -0.2) is 17.5 Å². The Balaban J connectivity index is 0.000000209. The second kappa shape index (κ2) is 4.89. The molecule has 18 heavy (non-hydrogen) atoms. The van der Waals surface area contributed by atoms with Crippen LogP contribution < -0.4 is 0 Å². The smallest absolute Gasteiger partial charge is 0.264 e. The zero-order valence-electron chi connectivity index (χ0n) is 9.45. The van der Waals surface area contributed by atoms with Crippen LogP contribution in [0, 0.1) is 0 Å². The SMILES string of the molecule is O=S(=O)(O)O.c1ccc2c(c1)Cc1ccccc1-2. The van der Waals surface area contributed by atoms with Crippen molar-refractivity contribution in [2.45, 2.75) is 6.42 Å². The Morgan fingerprint density at radius 1 is 0.778 bits per heavy atom. The summed E-state index contributed by atoms with van der Waals surface area (Å²) in [5, 5.41) is 0. The molecule has 0 fully saturated rings. The third kappa shape index (κ3) is 3.16. The maximum atomic E-state index is 8.74. The minimum atomic E-state index is -4.67. The molecule has 0 spiro atoms. The molecule has 2 aromatic rings. The Kier molecular flexibility index (Phi) is 3.47. The molecule has 94 valence electrons. The highest BCUT2D eigenvalue weighted by Gasteiger charge is 2.15. The van der Waals surface area contributed by atoms with Gasteiger partial charge < -0.3 is 0 Å². The monoisotopic (exact) mass is 264 g/mol. The molecule has 4 nitrogen and oxygen atoms in total. The number of benzene rings is 2. The van der Waals surface area contributed by atoms with E-state index in [1.807, 2.05) is 0 Å². The Bertz CT molecular complexity index is 611. The summed E-state index contributed by atoms with van der Waals surface area (Å²) in [5.41, 5.74) is 5.75. The number of rotatable bonds is 0. The van der Waals surface area contributed by atoms with Gasteiger partial charge in [-0.25, -0.2) is 0 Å². The fourth-order valence-corrected chi connectivity index (χ4v) is 2.08. The summed E-state index contributed by atoms with van der Waals surface area (Å²) in [5.74, 6) is 0. The summed E-state index contributed by atoms with van der Waals surface area (Å²) in [6, 6.07) is 17.3. The lowest BCUT2D eigenvalue weighted by molar-refractivity contribution is 0.381. The Labute approximate surface area is 105 Å². The minimum Gasteiger partial charge on any atom is -0.264 e. The summed E-state index contributed by atoms with van der Waals surface area (Å²) in [6.45, 7) is 0. The van der Waals surface area contributed by atoms with E-state index in [2.05, 4.69) is 48.5 Å². The summed E-state index contributed by atoms with van der Waals surface area (Å²) >= 11 is 0. The molecule has 0 saturated carbocycles. The largest absolute Gasteiger partial charge is 0.394 e. The van der Waals surface area contributed by atoms with Crippen LogP contribution in [0.2, 0.25) is 0 Å². The summed E-state index contributed by atoms with van der Waals surface area (Å²) in [6.07, 6.45) is 1.10. The van der Waals surface area contributed by atoms with Gasteiger partial charge in [0.2, 0.25) is 0 Å². The molecule has 2 aromatic carbocycles. The van der Waals surface area contributed by atoms with Gasteiger partial charge >= 0.3 is 10.4 Å². The molecule has 0 atom stereocenters. The fraction of sp³-hybridized carbons (Fsp3) is 0.0769. The highest BCUT2D eigenvalue weighted by molar-refractivity contribution is 7.79. The average molecular weight is 264 g/mol. The van der Waals surface area contributed by atoms with E-state index in [1.54, 1.807) is 0 Å². The van der Waals surface area contributed by atoms with Gasteiger partial charge in [0.1, 0.15) is 0 Å². The van der Waals surface area contributed by atoms with E-state index in [9.17, 15) is 0 Å². The van der Waals surface area contributed by atoms with Gasteiger partial charge in [0.15, 0.2) is 0 Å². The van der Waals surface area contributed by atoms with Crippen LogP contribution in [0.3, 0.4) is 0 Å². The molecule has 0 aliphatic heterocycles. The van der Waals surface area contributed by atoms with Crippen molar-refractivity contribution in [3.63, 3.8) is 0 Å². The zero-order valence-corrected chi connectivity index (χ0v) is 10.3. The molecule has 1 aliphatic carbocycles. The van der Waals surface area contributed by atoms with E-state index in [4.69, 9.17) is 17.5 Å². The van der Waals surface area contributed by atoms with Crippen molar-refractivity contribution in [2.75, 3.05) is 0 Å². The highest BCUT2D eigenvalue weighted by Crippen LogP contribution is 2.35. The number of fused-ring (bicyclic) bond motifs is 3. The van der Waals surface area contributed by atoms with Gasteiger partial charge in [-0.2, -0.15) is 8.42 Å². The summed E-state index contributed by atoms with van der Waals surface area (Å²) in [4.78, 5) is 0. The fourth-order valence-electron chi connectivity index (χ4n) is 2.08. The molecule has 0 heterocycles. The third-order valence-electron chi connectivity index (χ3n) is 2.71. The Morgan fingerprint density at radius 2 is 1.11 bits per heavy atom. The molecule has 5 heteroatoms. The Hall–Kier alpha value is -1.69. The molecule has 0 aromatic heterocycles. The molecule has 0 saturated heterocycles. The predicted molar refractivity (Wildman–Crippen MR) is 68.9 cm³/mol. The van der Waals surface area contributed by atoms with Crippen LogP contribution in [-0.2, 0) is 16.8 Å². The van der Waals surface area contributed by atoms with Gasteiger partial charge in [-0.15, -0.1) is 0 Å². The van der Waals surface area contributed by atoms with Gasteiger partial charge in [0.25, 0.3) is 0 Å². The second-order valence-electron chi connectivity index (χ2n) is 3.94.